The fraction of sp³-hybridized carbons (Fsp3) is 0.435. The van der Waals surface area contributed by atoms with Gasteiger partial charge < -0.3 is 24.6 Å². The van der Waals surface area contributed by atoms with Crippen molar-refractivity contribution in [2.75, 3.05) is 27.4 Å². The molecule has 2 aromatic rings. The number of aliphatic hydroxyl groups excluding tert-OH is 1. The van der Waals surface area contributed by atoms with Crippen molar-refractivity contribution >= 4 is 5.91 Å². The van der Waals surface area contributed by atoms with Crippen molar-refractivity contribution in [1.29, 1.82) is 0 Å². The van der Waals surface area contributed by atoms with Crippen LogP contribution in [0.3, 0.4) is 0 Å². The van der Waals surface area contributed by atoms with Gasteiger partial charge >= 0.3 is 0 Å². The minimum atomic E-state index is -0.477. The molecule has 4 N–H and O–H groups in total. The highest BCUT2D eigenvalue weighted by Crippen LogP contribution is 2.50. The number of likely N-dealkylation sites (tertiary alicyclic amines) is 1. The largest absolute Gasteiger partial charge is 0.508 e. The molecule has 2 aliphatic rings. The average Bonchev–Trinajstić information content (AvgIpc) is 3.27. The number of phenolic OH excluding ortho intramolecular Hbond substituents is 1. The molecule has 0 radical (unpaired) electrons. The van der Waals surface area contributed by atoms with Gasteiger partial charge in [0.25, 0.3) is 0 Å². The lowest BCUT2D eigenvalue weighted by atomic mass is 9.81. The lowest BCUT2D eigenvalue weighted by Gasteiger charge is -2.32. The first kappa shape index (κ1) is 21.4. The second-order valence-corrected chi connectivity index (χ2v) is 8.15. The van der Waals surface area contributed by atoms with Crippen LogP contribution in [0.2, 0.25) is 0 Å². The maximum absolute atomic E-state index is 13.2. The summed E-state index contributed by atoms with van der Waals surface area (Å²) >= 11 is 0. The Balaban J connectivity index is 1.83. The second kappa shape index (κ2) is 8.37. The highest BCUT2D eigenvalue weighted by atomic mass is 16.5. The predicted molar refractivity (Wildman–Crippen MR) is 115 cm³/mol. The smallest absolute Gasteiger partial charge is 0.242 e. The highest BCUT2D eigenvalue weighted by molar-refractivity contribution is 5.86. The summed E-state index contributed by atoms with van der Waals surface area (Å²) in [6, 6.07) is 8.29. The van der Waals surface area contributed by atoms with Gasteiger partial charge in [0.05, 0.1) is 32.9 Å². The normalized spacial score (nSPS) is 25.1. The van der Waals surface area contributed by atoms with E-state index >= 15 is 0 Å². The number of rotatable bonds is 6. The second-order valence-electron chi connectivity index (χ2n) is 8.15. The number of β-amino-alcohol motifs (C(OH)–C–C–N with tert-alkyl or cyclic N) is 1. The lowest BCUT2D eigenvalue weighted by Crippen LogP contribution is -2.42. The van der Waals surface area contributed by atoms with Crippen LogP contribution in [0.15, 0.2) is 30.3 Å². The van der Waals surface area contributed by atoms with Gasteiger partial charge in [-0.15, -0.1) is 0 Å². The van der Waals surface area contributed by atoms with Gasteiger partial charge in [0.2, 0.25) is 5.91 Å². The van der Waals surface area contributed by atoms with Crippen molar-refractivity contribution in [3.8, 4) is 17.2 Å². The molecule has 4 unspecified atom stereocenters. The summed E-state index contributed by atoms with van der Waals surface area (Å²) in [4.78, 5) is 14.9. The number of carbonyl (C=O) groups excluding carboxylic acids is 1. The molecule has 8 heteroatoms. The Kier molecular flexibility index (Phi) is 5.79. The van der Waals surface area contributed by atoms with Crippen LogP contribution in [0.5, 0.6) is 17.2 Å². The summed E-state index contributed by atoms with van der Waals surface area (Å²) in [6.07, 6.45) is 0. The Bertz CT molecular complexity index is 972. The van der Waals surface area contributed by atoms with E-state index in [1.54, 1.807) is 25.2 Å². The zero-order chi connectivity index (χ0) is 22.3. The number of methoxy groups -OCH3 is 2. The van der Waals surface area contributed by atoms with Crippen LogP contribution in [0.4, 0.5) is 0 Å². The fourth-order valence-corrected chi connectivity index (χ4v) is 5.10. The number of fused-ring (bicyclic) bond motifs is 1. The minimum Gasteiger partial charge on any atom is -0.508 e. The van der Waals surface area contributed by atoms with Gasteiger partial charge in [0.1, 0.15) is 11.8 Å². The summed E-state index contributed by atoms with van der Waals surface area (Å²) in [6.45, 7) is 3.98. The molecule has 8 nitrogen and oxygen atoms in total. The van der Waals surface area contributed by atoms with E-state index in [9.17, 15) is 15.0 Å². The van der Waals surface area contributed by atoms with Gasteiger partial charge in [-0.3, -0.25) is 4.79 Å². The first-order chi connectivity index (χ1) is 14.9. The van der Waals surface area contributed by atoms with Crippen molar-refractivity contribution < 1.29 is 24.5 Å². The molecule has 4 rings (SSSR count). The van der Waals surface area contributed by atoms with Crippen LogP contribution >= 0.6 is 0 Å². The van der Waals surface area contributed by atoms with E-state index in [2.05, 4.69) is 10.9 Å². The van der Waals surface area contributed by atoms with E-state index in [0.29, 0.717) is 11.5 Å². The Labute approximate surface area is 181 Å². The maximum Gasteiger partial charge on any atom is 0.242 e. The molecule has 0 aliphatic carbocycles. The third kappa shape index (κ3) is 3.50. The van der Waals surface area contributed by atoms with Gasteiger partial charge in [0.15, 0.2) is 11.5 Å². The summed E-state index contributed by atoms with van der Waals surface area (Å²) in [7, 11) is 3.15. The van der Waals surface area contributed by atoms with Gasteiger partial charge in [-0.25, -0.2) is 10.9 Å². The minimum absolute atomic E-state index is 0.0851. The van der Waals surface area contributed by atoms with Crippen LogP contribution in [0, 0.1) is 19.8 Å². The molecule has 2 aliphatic heterocycles. The van der Waals surface area contributed by atoms with Crippen LogP contribution in [0.1, 0.15) is 34.3 Å². The number of phenols is 1. The molecule has 31 heavy (non-hydrogen) atoms. The maximum atomic E-state index is 13.2. The summed E-state index contributed by atoms with van der Waals surface area (Å²) < 4.78 is 10.8. The number of hydrogen-bond donors (Lipinski definition) is 4. The zero-order valence-corrected chi connectivity index (χ0v) is 18.2. The molecule has 2 fully saturated rings. The standard InChI is InChI=1S/C23H29N3O5/c1-12-9-13(2)18(15(28)10-12)20-19-21(25-24-20)23(29)26(7-8-27)22(19)14-5-6-16(30-3)17(11-14)31-4/h5-6,9-11,19-22,24-25,27-28H,7-8H2,1-4H3. The molecule has 2 heterocycles. The molecule has 166 valence electrons. The van der Waals surface area contributed by atoms with Crippen molar-refractivity contribution in [3.63, 3.8) is 0 Å². The van der Waals surface area contributed by atoms with Crippen LogP contribution in [-0.2, 0) is 4.79 Å². The summed E-state index contributed by atoms with van der Waals surface area (Å²) in [5.41, 5.74) is 9.96. The molecule has 1 amide bonds. The molecule has 0 aromatic heterocycles. The van der Waals surface area contributed by atoms with Crippen molar-refractivity contribution in [2.24, 2.45) is 5.92 Å². The Morgan fingerprint density at radius 1 is 1.03 bits per heavy atom. The average molecular weight is 428 g/mol. The number of nitrogens with one attached hydrogen (secondary N) is 2. The van der Waals surface area contributed by atoms with Crippen LogP contribution in [0.25, 0.3) is 0 Å². The van der Waals surface area contributed by atoms with Crippen LogP contribution < -0.4 is 20.3 Å². The lowest BCUT2D eigenvalue weighted by molar-refractivity contribution is -0.131. The Hall–Kier alpha value is -2.81. The first-order valence-corrected chi connectivity index (χ1v) is 10.4. The summed E-state index contributed by atoms with van der Waals surface area (Å²) in [5, 5.41) is 20.4. The number of aliphatic hydroxyl groups is 1. The molecule has 0 spiro atoms. The van der Waals surface area contributed by atoms with Crippen molar-refractivity contribution in [2.45, 2.75) is 32.0 Å². The van der Waals surface area contributed by atoms with E-state index in [4.69, 9.17) is 9.47 Å². The molecule has 4 atom stereocenters. The summed E-state index contributed by atoms with van der Waals surface area (Å²) in [5.74, 6) is 1.09. The van der Waals surface area contributed by atoms with Gasteiger partial charge in [-0.1, -0.05) is 12.1 Å². The van der Waals surface area contributed by atoms with E-state index in [1.165, 1.54) is 0 Å². The fourth-order valence-electron chi connectivity index (χ4n) is 5.10. The number of amides is 1. The number of nitrogens with zero attached hydrogens (tertiary/aromatic N) is 1. The van der Waals surface area contributed by atoms with Gasteiger partial charge in [-0.2, -0.15) is 0 Å². The van der Waals surface area contributed by atoms with Gasteiger partial charge in [0, 0.05) is 18.0 Å². The molecular formula is C23H29N3O5. The molecule has 2 aromatic carbocycles. The number of carbonyl (C=O) groups is 1. The third-order valence-electron chi connectivity index (χ3n) is 6.32. The number of aromatic hydroxyl groups is 1. The van der Waals surface area contributed by atoms with E-state index < -0.39 is 6.04 Å². The monoisotopic (exact) mass is 427 g/mol. The van der Waals surface area contributed by atoms with Crippen LogP contribution in [-0.4, -0.2) is 54.4 Å². The molecular weight excluding hydrogens is 398 g/mol. The number of benzene rings is 2. The first-order valence-electron chi connectivity index (χ1n) is 10.4. The molecule has 0 bridgehead atoms. The number of ether oxygens (including phenoxy) is 2. The highest BCUT2D eigenvalue weighted by Gasteiger charge is 2.56. The molecule has 0 saturated carbocycles. The van der Waals surface area contributed by atoms with Gasteiger partial charge in [-0.05, 0) is 48.7 Å². The SMILES string of the molecule is COc1ccc(C2C3C(NNC3c3c(C)cc(C)cc3O)C(=O)N2CCO)cc1OC. The number of aryl methyl sites for hydroxylation is 2. The van der Waals surface area contributed by atoms with Crippen molar-refractivity contribution in [3.05, 3.63) is 52.6 Å². The third-order valence-corrected chi connectivity index (χ3v) is 6.32. The number of hydrazine groups is 1. The zero-order valence-electron chi connectivity index (χ0n) is 18.2. The van der Waals surface area contributed by atoms with Crippen molar-refractivity contribution in [1.82, 2.24) is 15.8 Å². The quantitative estimate of drug-likeness (QED) is 0.557. The van der Waals surface area contributed by atoms with E-state index in [0.717, 1.165) is 22.3 Å². The molecule has 2 saturated heterocycles. The van der Waals surface area contributed by atoms with E-state index in [-0.39, 0.29) is 42.8 Å². The van der Waals surface area contributed by atoms with E-state index in [1.807, 2.05) is 38.1 Å². The predicted octanol–water partition coefficient (Wildman–Crippen LogP) is 1.74. The topological polar surface area (TPSA) is 103 Å². The Morgan fingerprint density at radius 2 is 1.74 bits per heavy atom. The Morgan fingerprint density at radius 3 is 2.39 bits per heavy atom. The number of hydrogen-bond acceptors (Lipinski definition) is 7.